The number of carbonyl (C=O) groups excluding carboxylic acids is 2. The molecule has 2 rings (SSSR count). The average molecular weight is 358 g/mol. The summed E-state index contributed by atoms with van der Waals surface area (Å²) in [6, 6.07) is 5.73. The first-order valence-corrected chi connectivity index (χ1v) is 8.01. The zero-order valence-electron chi connectivity index (χ0n) is 14.0. The van der Waals surface area contributed by atoms with Crippen molar-refractivity contribution in [3.63, 3.8) is 0 Å². The van der Waals surface area contributed by atoms with Gasteiger partial charge in [-0.1, -0.05) is 0 Å². The Labute approximate surface area is 148 Å². The van der Waals surface area contributed by atoms with Crippen LogP contribution in [0.4, 0.5) is 4.39 Å². The minimum absolute atomic E-state index is 0. The van der Waals surface area contributed by atoms with Crippen LogP contribution in [0.2, 0.25) is 0 Å². The Morgan fingerprint density at radius 2 is 2.00 bits per heavy atom. The van der Waals surface area contributed by atoms with Crippen molar-refractivity contribution < 1.29 is 14.0 Å². The maximum atomic E-state index is 13.0. The molecule has 0 aliphatic carbocycles. The summed E-state index contributed by atoms with van der Waals surface area (Å²) < 4.78 is 13.0. The predicted molar refractivity (Wildman–Crippen MR) is 93.8 cm³/mol. The molecule has 1 aromatic carbocycles. The van der Waals surface area contributed by atoms with Gasteiger partial charge >= 0.3 is 0 Å². The highest BCUT2D eigenvalue weighted by Crippen LogP contribution is 2.19. The Bertz CT molecular complexity index is 553. The topological polar surface area (TPSA) is 61.4 Å². The molecule has 7 heteroatoms. The fraction of sp³-hybridized carbons (Fsp3) is 0.529. The van der Waals surface area contributed by atoms with Gasteiger partial charge < -0.3 is 15.5 Å². The molecule has 2 unspecified atom stereocenters. The van der Waals surface area contributed by atoms with Gasteiger partial charge in [-0.2, -0.15) is 0 Å². The van der Waals surface area contributed by atoms with Crippen LogP contribution in [0.15, 0.2) is 24.3 Å². The lowest BCUT2D eigenvalue weighted by Crippen LogP contribution is -2.47. The third-order valence-corrected chi connectivity index (χ3v) is 4.25. The minimum atomic E-state index is -0.365. The molecule has 5 nitrogen and oxygen atoms in total. The first-order valence-electron chi connectivity index (χ1n) is 8.01. The van der Waals surface area contributed by atoms with E-state index in [2.05, 4.69) is 10.6 Å². The fourth-order valence-corrected chi connectivity index (χ4v) is 2.65. The minimum Gasteiger partial charge on any atom is -0.354 e. The van der Waals surface area contributed by atoms with Crippen LogP contribution >= 0.6 is 12.4 Å². The Hall–Kier alpha value is -1.66. The number of nitrogens with zero attached hydrogens (tertiary/aromatic N) is 1. The zero-order valence-corrected chi connectivity index (χ0v) is 14.9. The number of rotatable bonds is 5. The quantitative estimate of drug-likeness (QED) is 0.845. The van der Waals surface area contributed by atoms with Crippen LogP contribution in [-0.2, 0) is 4.79 Å². The number of carbonyl (C=O) groups is 2. The number of hydrogen-bond acceptors (Lipinski definition) is 3. The second-order valence-electron chi connectivity index (χ2n) is 6.03. The molecule has 1 fully saturated rings. The van der Waals surface area contributed by atoms with Gasteiger partial charge in [0.2, 0.25) is 5.91 Å². The molecule has 0 aromatic heterocycles. The van der Waals surface area contributed by atoms with Crippen LogP contribution in [0, 0.1) is 11.7 Å². The summed E-state index contributed by atoms with van der Waals surface area (Å²) in [5, 5.41) is 5.99. The van der Waals surface area contributed by atoms with E-state index in [0.717, 1.165) is 12.8 Å². The van der Waals surface area contributed by atoms with Crippen molar-refractivity contribution in [3.8, 4) is 0 Å². The maximum Gasteiger partial charge on any atom is 0.253 e. The molecule has 2 N–H and O–H groups in total. The third-order valence-electron chi connectivity index (χ3n) is 4.25. The SMILES string of the molecule is CNC(C)CNC(=O)C1CCCN(C(=O)c2ccc(F)cc2)C1.Cl. The van der Waals surface area contributed by atoms with E-state index in [9.17, 15) is 14.0 Å². The van der Waals surface area contributed by atoms with Gasteiger partial charge in [0.15, 0.2) is 0 Å². The van der Waals surface area contributed by atoms with Gasteiger partial charge in [0.25, 0.3) is 5.91 Å². The Kier molecular flexibility index (Phi) is 8.15. The molecule has 1 saturated heterocycles. The third kappa shape index (κ3) is 5.46. The van der Waals surface area contributed by atoms with Crippen LogP contribution < -0.4 is 10.6 Å². The van der Waals surface area contributed by atoms with Crippen LogP contribution in [-0.4, -0.2) is 49.4 Å². The average Bonchev–Trinajstić information content (AvgIpc) is 2.59. The molecule has 1 aliphatic heterocycles. The number of piperidine rings is 1. The summed E-state index contributed by atoms with van der Waals surface area (Å²) in [5.41, 5.74) is 0.455. The number of amides is 2. The Morgan fingerprint density at radius 3 is 2.62 bits per heavy atom. The van der Waals surface area contributed by atoms with Crippen molar-refractivity contribution in [2.24, 2.45) is 5.92 Å². The molecule has 0 bridgehead atoms. The van der Waals surface area contributed by atoms with Gasteiger partial charge in [0.05, 0.1) is 5.92 Å². The smallest absolute Gasteiger partial charge is 0.253 e. The molecule has 1 aliphatic rings. The zero-order chi connectivity index (χ0) is 16.8. The van der Waals surface area contributed by atoms with E-state index >= 15 is 0 Å². The highest BCUT2D eigenvalue weighted by atomic mass is 35.5. The van der Waals surface area contributed by atoms with Gasteiger partial charge in [-0.3, -0.25) is 9.59 Å². The number of likely N-dealkylation sites (tertiary alicyclic amines) is 1. The number of halogens is 2. The molecule has 0 radical (unpaired) electrons. The van der Waals surface area contributed by atoms with Crippen molar-refractivity contribution in [1.29, 1.82) is 0 Å². The van der Waals surface area contributed by atoms with Gasteiger partial charge in [0, 0.05) is 31.2 Å². The van der Waals surface area contributed by atoms with Crippen LogP contribution in [0.25, 0.3) is 0 Å². The van der Waals surface area contributed by atoms with Gasteiger partial charge in [0.1, 0.15) is 5.82 Å². The summed E-state index contributed by atoms with van der Waals surface area (Å²) in [5.74, 6) is -0.705. The lowest BCUT2D eigenvalue weighted by atomic mass is 9.96. The number of likely N-dealkylation sites (N-methyl/N-ethyl adjacent to an activating group) is 1. The Morgan fingerprint density at radius 1 is 1.33 bits per heavy atom. The lowest BCUT2D eigenvalue weighted by Gasteiger charge is -2.32. The largest absolute Gasteiger partial charge is 0.354 e. The highest BCUT2D eigenvalue weighted by Gasteiger charge is 2.28. The summed E-state index contributed by atoms with van der Waals surface area (Å²) >= 11 is 0. The molecule has 2 atom stereocenters. The summed E-state index contributed by atoms with van der Waals surface area (Å²) in [6.45, 7) is 3.60. The van der Waals surface area contributed by atoms with Crippen molar-refractivity contribution in [3.05, 3.63) is 35.6 Å². The standard InChI is InChI=1S/C17H24FN3O2.ClH/c1-12(19-2)10-20-16(22)14-4-3-9-21(11-14)17(23)13-5-7-15(18)8-6-13;/h5-8,12,14,19H,3-4,9-11H2,1-2H3,(H,20,22);1H. The van der Waals surface area contributed by atoms with Crippen LogP contribution in [0.1, 0.15) is 30.1 Å². The molecule has 24 heavy (non-hydrogen) atoms. The molecule has 0 spiro atoms. The summed E-state index contributed by atoms with van der Waals surface area (Å²) in [4.78, 5) is 26.4. The second kappa shape index (κ2) is 9.59. The first kappa shape index (κ1) is 20.4. The lowest BCUT2D eigenvalue weighted by molar-refractivity contribution is -0.126. The Balaban J connectivity index is 0.00000288. The van der Waals surface area contributed by atoms with Crippen molar-refractivity contribution in [2.75, 3.05) is 26.7 Å². The van der Waals surface area contributed by atoms with Crippen LogP contribution in [0.5, 0.6) is 0 Å². The molecular formula is C17H25ClFN3O2. The van der Waals surface area contributed by atoms with Crippen LogP contribution in [0.3, 0.4) is 0 Å². The summed E-state index contributed by atoms with van der Waals surface area (Å²) in [6.07, 6.45) is 1.58. The van der Waals surface area contributed by atoms with E-state index in [1.807, 2.05) is 14.0 Å². The molecule has 134 valence electrons. The van der Waals surface area contributed by atoms with Crippen molar-refractivity contribution in [2.45, 2.75) is 25.8 Å². The van der Waals surface area contributed by atoms with E-state index in [-0.39, 0.29) is 42.0 Å². The molecule has 2 amide bonds. The van der Waals surface area contributed by atoms with E-state index in [0.29, 0.717) is 25.2 Å². The van der Waals surface area contributed by atoms with Gasteiger partial charge in [-0.15, -0.1) is 12.4 Å². The second-order valence-corrected chi connectivity index (χ2v) is 6.03. The molecule has 1 heterocycles. The van der Waals surface area contributed by atoms with E-state index < -0.39 is 0 Å². The summed E-state index contributed by atoms with van der Waals surface area (Å²) in [7, 11) is 1.85. The van der Waals surface area contributed by atoms with Crippen molar-refractivity contribution >= 4 is 24.2 Å². The van der Waals surface area contributed by atoms with Gasteiger partial charge in [-0.25, -0.2) is 4.39 Å². The predicted octanol–water partition coefficient (Wildman–Crippen LogP) is 1.82. The molecule has 0 saturated carbocycles. The first-order chi connectivity index (χ1) is 11.0. The monoisotopic (exact) mass is 357 g/mol. The molecule has 1 aromatic rings. The number of nitrogens with one attached hydrogen (secondary N) is 2. The van der Waals surface area contributed by atoms with Crippen molar-refractivity contribution in [1.82, 2.24) is 15.5 Å². The van der Waals surface area contributed by atoms with E-state index in [1.54, 1.807) is 4.90 Å². The van der Waals surface area contributed by atoms with Gasteiger partial charge in [-0.05, 0) is 51.1 Å². The number of benzene rings is 1. The normalized spacial score (nSPS) is 18.5. The maximum absolute atomic E-state index is 13.0. The fourth-order valence-electron chi connectivity index (χ4n) is 2.65. The number of hydrogen-bond donors (Lipinski definition) is 2. The van der Waals surface area contributed by atoms with E-state index in [1.165, 1.54) is 24.3 Å². The molecular weight excluding hydrogens is 333 g/mol. The van der Waals surface area contributed by atoms with E-state index in [4.69, 9.17) is 0 Å². The highest BCUT2D eigenvalue weighted by molar-refractivity contribution is 5.94.